The summed E-state index contributed by atoms with van der Waals surface area (Å²) in [5, 5.41) is 12.4. The highest BCUT2D eigenvalue weighted by molar-refractivity contribution is 5.31. The SMILES string of the molecule is CCNC(C)(CCO)c1ccc(OC(F)F)cc1. The third kappa shape index (κ3) is 3.92. The van der Waals surface area contributed by atoms with Gasteiger partial charge in [-0.1, -0.05) is 19.1 Å². The molecular weight excluding hydrogens is 240 g/mol. The van der Waals surface area contributed by atoms with Crippen LogP contribution in [-0.4, -0.2) is 24.9 Å². The smallest absolute Gasteiger partial charge is 0.387 e. The number of aliphatic hydroxyl groups is 1. The summed E-state index contributed by atoms with van der Waals surface area (Å²) < 4.78 is 28.4. The fraction of sp³-hybridized carbons (Fsp3) is 0.538. The van der Waals surface area contributed by atoms with Crippen LogP contribution in [0.15, 0.2) is 24.3 Å². The molecule has 0 aromatic heterocycles. The minimum Gasteiger partial charge on any atom is -0.435 e. The van der Waals surface area contributed by atoms with Crippen molar-refractivity contribution in [2.45, 2.75) is 32.4 Å². The molecule has 0 saturated carbocycles. The fourth-order valence-electron chi connectivity index (χ4n) is 1.95. The first-order valence-corrected chi connectivity index (χ1v) is 5.93. The van der Waals surface area contributed by atoms with E-state index in [2.05, 4.69) is 10.1 Å². The zero-order chi connectivity index (χ0) is 13.6. The standard InChI is InChI=1S/C13H19F2NO2/c1-3-16-13(2,8-9-17)10-4-6-11(7-5-10)18-12(14)15/h4-7,12,16-17H,3,8-9H2,1-2H3. The van der Waals surface area contributed by atoms with Crippen LogP contribution in [0, 0.1) is 0 Å². The Hall–Kier alpha value is -1.20. The van der Waals surface area contributed by atoms with Gasteiger partial charge in [0.2, 0.25) is 0 Å². The first-order chi connectivity index (χ1) is 8.51. The van der Waals surface area contributed by atoms with E-state index in [1.165, 1.54) is 12.1 Å². The number of alkyl halides is 2. The zero-order valence-corrected chi connectivity index (χ0v) is 10.6. The minimum absolute atomic E-state index is 0.0544. The van der Waals surface area contributed by atoms with Crippen LogP contribution in [-0.2, 0) is 5.54 Å². The third-order valence-electron chi connectivity index (χ3n) is 2.90. The molecule has 1 atom stereocenters. The fourth-order valence-corrected chi connectivity index (χ4v) is 1.95. The number of nitrogens with one attached hydrogen (secondary N) is 1. The van der Waals surface area contributed by atoms with Crippen LogP contribution >= 0.6 is 0 Å². The Morgan fingerprint density at radius 2 is 1.94 bits per heavy atom. The molecule has 18 heavy (non-hydrogen) atoms. The van der Waals surface area contributed by atoms with Gasteiger partial charge in [-0.3, -0.25) is 0 Å². The molecule has 102 valence electrons. The number of benzene rings is 1. The topological polar surface area (TPSA) is 41.5 Å². The van der Waals surface area contributed by atoms with Crippen molar-refractivity contribution in [2.75, 3.05) is 13.2 Å². The summed E-state index contributed by atoms with van der Waals surface area (Å²) in [6.45, 7) is 1.94. The lowest BCUT2D eigenvalue weighted by molar-refractivity contribution is -0.0498. The highest BCUT2D eigenvalue weighted by atomic mass is 19.3. The molecule has 0 radical (unpaired) electrons. The number of aliphatic hydroxyl groups excluding tert-OH is 1. The van der Waals surface area contributed by atoms with Gasteiger partial charge in [0, 0.05) is 12.1 Å². The van der Waals surface area contributed by atoms with Crippen molar-refractivity contribution in [3.8, 4) is 5.75 Å². The highest BCUT2D eigenvalue weighted by Gasteiger charge is 2.24. The van der Waals surface area contributed by atoms with Gasteiger partial charge >= 0.3 is 6.61 Å². The predicted molar refractivity (Wildman–Crippen MR) is 65.8 cm³/mol. The largest absolute Gasteiger partial charge is 0.435 e. The molecule has 0 spiro atoms. The molecule has 0 bridgehead atoms. The molecule has 0 aliphatic heterocycles. The Morgan fingerprint density at radius 1 is 1.33 bits per heavy atom. The van der Waals surface area contributed by atoms with Crippen LogP contribution in [0.4, 0.5) is 8.78 Å². The number of rotatable bonds is 7. The van der Waals surface area contributed by atoms with E-state index in [0.29, 0.717) is 6.42 Å². The lowest BCUT2D eigenvalue weighted by atomic mass is 9.89. The van der Waals surface area contributed by atoms with Crippen LogP contribution in [0.3, 0.4) is 0 Å². The molecule has 0 saturated heterocycles. The molecule has 0 amide bonds. The average Bonchev–Trinajstić information content (AvgIpc) is 2.29. The summed E-state index contributed by atoms with van der Waals surface area (Å²) in [4.78, 5) is 0. The summed E-state index contributed by atoms with van der Waals surface area (Å²) >= 11 is 0. The van der Waals surface area contributed by atoms with E-state index in [4.69, 9.17) is 5.11 Å². The van der Waals surface area contributed by atoms with Gasteiger partial charge in [-0.15, -0.1) is 0 Å². The monoisotopic (exact) mass is 259 g/mol. The summed E-state index contributed by atoms with van der Waals surface area (Å²) in [7, 11) is 0. The second kappa shape index (κ2) is 6.66. The summed E-state index contributed by atoms with van der Waals surface area (Å²) in [6.07, 6.45) is 0.551. The van der Waals surface area contributed by atoms with Gasteiger partial charge in [0.15, 0.2) is 0 Å². The van der Waals surface area contributed by atoms with E-state index in [1.54, 1.807) is 12.1 Å². The van der Waals surface area contributed by atoms with Crippen molar-refractivity contribution in [1.82, 2.24) is 5.32 Å². The van der Waals surface area contributed by atoms with E-state index in [0.717, 1.165) is 12.1 Å². The average molecular weight is 259 g/mol. The van der Waals surface area contributed by atoms with Crippen molar-refractivity contribution >= 4 is 0 Å². The second-order valence-electron chi connectivity index (χ2n) is 4.24. The van der Waals surface area contributed by atoms with Crippen molar-refractivity contribution in [3.05, 3.63) is 29.8 Å². The molecule has 0 fully saturated rings. The number of ether oxygens (including phenoxy) is 1. The number of halogens is 2. The molecule has 5 heteroatoms. The Balaban J connectivity index is 2.86. The normalized spacial score (nSPS) is 14.6. The van der Waals surface area contributed by atoms with Crippen LogP contribution in [0.2, 0.25) is 0 Å². The molecule has 1 unspecified atom stereocenters. The maximum atomic E-state index is 12.0. The summed E-state index contributed by atoms with van der Waals surface area (Å²) in [6, 6.07) is 6.48. The van der Waals surface area contributed by atoms with Gasteiger partial charge in [-0.05, 0) is 37.6 Å². The van der Waals surface area contributed by atoms with E-state index >= 15 is 0 Å². The predicted octanol–water partition coefficient (Wildman–Crippen LogP) is 2.50. The molecule has 2 N–H and O–H groups in total. The Bertz CT molecular complexity index is 349. The molecule has 3 nitrogen and oxygen atoms in total. The van der Waals surface area contributed by atoms with Gasteiger partial charge in [-0.25, -0.2) is 0 Å². The van der Waals surface area contributed by atoms with E-state index < -0.39 is 6.61 Å². The van der Waals surface area contributed by atoms with Crippen LogP contribution in [0.1, 0.15) is 25.8 Å². The molecule has 0 aliphatic carbocycles. The van der Waals surface area contributed by atoms with E-state index in [9.17, 15) is 8.78 Å². The summed E-state index contributed by atoms with van der Waals surface area (Å²) in [5.74, 6) is 0.136. The summed E-state index contributed by atoms with van der Waals surface area (Å²) in [5.41, 5.74) is 0.562. The lowest BCUT2D eigenvalue weighted by Crippen LogP contribution is -2.40. The first-order valence-electron chi connectivity index (χ1n) is 5.93. The number of hydrogen-bond donors (Lipinski definition) is 2. The van der Waals surface area contributed by atoms with Crippen LogP contribution < -0.4 is 10.1 Å². The Labute approximate surface area is 106 Å². The van der Waals surface area contributed by atoms with Crippen LogP contribution in [0.5, 0.6) is 5.75 Å². The molecule has 1 rings (SSSR count). The van der Waals surface area contributed by atoms with Crippen molar-refractivity contribution in [1.29, 1.82) is 0 Å². The van der Waals surface area contributed by atoms with Crippen LogP contribution in [0.25, 0.3) is 0 Å². The van der Waals surface area contributed by atoms with Gasteiger partial charge < -0.3 is 15.2 Å². The molecule has 0 heterocycles. The Morgan fingerprint density at radius 3 is 2.39 bits per heavy atom. The maximum absolute atomic E-state index is 12.0. The van der Waals surface area contributed by atoms with Gasteiger partial charge in [0.05, 0.1) is 0 Å². The van der Waals surface area contributed by atoms with E-state index in [1.807, 2.05) is 13.8 Å². The van der Waals surface area contributed by atoms with Gasteiger partial charge in [0.1, 0.15) is 5.75 Å². The highest BCUT2D eigenvalue weighted by Crippen LogP contribution is 2.26. The molecule has 1 aromatic rings. The molecule has 1 aromatic carbocycles. The first kappa shape index (κ1) is 14.9. The van der Waals surface area contributed by atoms with Crippen molar-refractivity contribution in [2.24, 2.45) is 0 Å². The maximum Gasteiger partial charge on any atom is 0.387 e. The van der Waals surface area contributed by atoms with Gasteiger partial charge in [0.25, 0.3) is 0 Å². The van der Waals surface area contributed by atoms with Crippen molar-refractivity contribution in [3.63, 3.8) is 0 Å². The zero-order valence-electron chi connectivity index (χ0n) is 10.6. The van der Waals surface area contributed by atoms with E-state index in [-0.39, 0.29) is 17.9 Å². The van der Waals surface area contributed by atoms with Gasteiger partial charge in [-0.2, -0.15) is 8.78 Å². The quantitative estimate of drug-likeness (QED) is 0.790. The van der Waals surface area contributed by atoms with Crippen molar-refractivity contribution < 1.29 is 18.6 Å². The molecule has 0 aliphatic rings. The second-order valence-corrected chi connectivity index (χ2v) is 4.24. The number of hydrogen-bond acceptors (Lipinski definition) is 3. The molecular formula is C13H19F2NO2. The third-order valence-corrected chi connectivity index (χ3v) is 2.90. The Kier molecular flexibility index (Phi) is 5.50. The lowest BCUT2D eigenvalue weighted by Gasteiger charge is -2.30. The minimum atomic E-state index is -2.81.